The van der Waals surface area contributed by atoms with E-state index in [0.29, 0.717) is 0 Å². The van der Waals surface area contributed by atoms with Crippen LogP contribution in [-0.2, 0) is 5.41 Å². The molecule has 4 nitrogen and oxygen atoms in total. The van der Waals surface area contributed by atoms with Gasteiger partial charge in [-0.2, -0.15) is 5.10 Å². The normalized spacial score (nSPS) is 25.5. The molecule has 1 aromatic carbocycles. The summed E-state index contributed by atoms with van der Waals surface area (Å²) in [6, 6.07) is 5.67. The van der Waals surface area contributed by atoms with Gasteiger partial charge in [0.1, 0.15) is 11.6 Å². The molecule has 3 aromatic rings. The Morgan fingerprint density at radius 3 is 2.62 bits per heavy atom. The van der Waals surface area contributed by atoms with Gasteiger partial charge in [-0.15, -0.1) is 5.10 Å². The van der Waals surface area contributed by atoms with Crippen LogP contribution < -0.4 is 0 Å². The number of rotatable bonds is 2. The summed E-state index contributed by atoms with van der Waals surface area (Å²) >= 11 is 0. The predicted molar refractivity (Wildman–Crippen MR) is 92.5 cm³/mol. The summed E-state index contributed by atoms with van der Waals surface area (Å²) < 4.78 is 28.4. The summed E-state index contributed by atoms with van der Waals surface area (Å²) in [4.78, 5) is 7.46. The van der Waals surface area contributed by atoms with Gasteiger partial charge in [0.05, 0.1) is 28.7 Å². The van der Waals surface area contributed by atoms with E-state index in [0.717, 1.165) is 29.8 Å². The van der Waals surface area contributed by atoms with Crippen molar-refractivity contribution in [3.05, 3.63) is 65.4 Å². The number of hydrogen-bond donors (Lipinski definition) is 1. The van der Waals surface area contributed by atoms with Crippen LogP contribution in [0.4, 0.5) is 8.78 Å². The molecule has 0 amide bonds. The number of nitrogens with one attached hydrogen (secondary N) is 1. The zero-order valence-corrected chi connectivity index (χ0v) is 14.6. The van der Waals surface area contributed by atoms with Crippen LogP contribution in [0.15, 0.2) is 36.8 Å². The molecule has 1 N–H and O–H groups in total. The smallest absolute Gasteiger partial charge is 0.135 e. The van der Waals surface area contributed by atoms with Crippen LogP contribution in [0.1, 0.15) is 49.6 Å². The van der Waals surface area contributed by atoms with Gasteiger partial charge in [-0.3, -0.25) is 0 Å². The van der Waals surface area contributed by atoms with Crippen LogP contribution in [-0.4, -0.2) is 20.2 Å². The second-order valence-electron chi connectivity index (χ2n) is 7.81. The summed E-state index contributed by atoms with van der Waals surface area (Å²) in [6.45, 7) is 4.47. The second-order valence-corrected chi connectivity index (χ2v) is 7.81. The highest BCUT2D eigenvalue weighted by Gasteiger charge is 2.64. The molecule has 2 bridgehead atoms. The average Bonchev–Trinajstić information content (AvgIpc) is 3.26. The monoisotopic (exact) mass is 352 g/mol. The molecule has 1 fully saturated rings. The second kappa shape index (κ2) is 4.96. The van der Waals surface area contributed by atoms with Gasteiger partial charge in [0.15, 0.2) is 0 Å². The van der Waals surface area contributed by atoms with Crippen molar-refractivity contribution in [3.8, 4) is 11.3 Å². The van der Waals surface area contributed by atoms with E-state index in [1.807, 2.05) is 12.3 Å². The lowest BCUT2D eigenvalue weighted by atomic mass is 9.66. The highest BCUT2D eigenvalue weighted by molar-refractivity contribution is 5.64. The minimum Gasteiger partial charge on any atom is -0.348 e. The Balaban J connectivity index is 1.74. The van der Waals surface area contributed by atoms with Crippen LogP contribution in [0, 0.1) is 17.0 Å². The van der Waals surface area contributed by atoms with E-state index in [-0.39, 0.29) is 28.0 Å². The zero-order chi connectivity index (χ0) is 18.1. The van der Waals surface area contributed by atoms with Gasteiger partial charge in [-0.25, -0.2) is 13.8 Å². The van der Waals surface area contributed by atoms with Crippen LogP contribution in [0.3, 0.4) is 0 Å². The molecule has 26 heavy (non-hydrogen) atoms. The number of nitrogens with zero attached hydrogens (tertiary/aromatic N) is 3. The Morgan fingerprint density at radius 1 is 1.15 bits per heavy atom. The topological polar surface area (TPSA) is 54.5 Å². The maximum atomic E-state index is 14.2. The molecule has 0 aliphatic heterocycles. The molecule has 132 valence electrons. The van der Waals surface area contributed by atoms with Crippen molar-refractivity contribution in [2.24, 2.45) is 5.41 Å². The first kappa shape index (κ1) is 15.6. The number of fused-ring (bicyclic) bond motifs is 5. The number of aromatic nitrogens is 4. The van der Waals surface area contributed by atoms with E-state index in [9.17, 15) is 8.78 Å². The standard InChI is InChI=1S/C20H18F2N4/c1-19(2)12-6-7-20(19,16-9-23-10-24-16)18-11(12)8-15(25-26-18)17-13(21)4-3-5-14(17)22/h3-5,8-10,12H,6-7H2,1-2H3,(H,23,24)/t12-,20-/m0/s1. The summed E-state index contributed by atoms with van der Waals surface area (Å²) in [6.07, 6.45) is 5.50. The molecule has 0 spiro atoms. The van der Waals surface area contributed by atoms with Crippen LogP contribution in [0.2, 0.25) is 0 Å². The fourth-order valence-electron chi connectivity index (χ4n) is 5.28. The highest BCUT2D eigenvalue weighted by atomic mass is 19.1. The third kappa shape index (κ3) is 1.69. The van der Waals surface area contributed by atoms with Crippen LogP contribution >= 0.6 is 0 Å². The maximum absolute atomic E-state index is 14.2. The number of imidazole rings is 1. The Kier molecular flexibility index (Phi) is 2.98. The number of aromatic amines is 1. The molecule has 0 unspecified atom stereocenters. The number of H-pyrrole nitrogens is 1. The summed E-state index contributed by atoms with van der Waals surface area (Å²) in [5.74, 6) is -0.972. The van der Waals surface area contributed by atoms with E-state index >= 15 is 0 Å². The van der Waals surface area contributed by atoms with Crippen molar-refractivity contribution in [1.29, 1.82) is 0 Å². The number of halogens is 2. The van der Waals surface area contributed by atoms with Gasteiger partial charge in [0, 0.05) is 11.9 Å². The minimum absolute atomic E-state index is 0.0804. The molecular formula is C20H18F2N4. The van der Waals surface area contributed by atoms with Gasteiger partial charge in [0.2, 0.25) is 0 Å². The summed E-state index contributed by atoms with van der Waals surface area (Å²) in [5.41, 5.74) is 2.75. The summed E-state index contributed by atoms with van der Waals surface area (Å²) in [7, 11) is 0. The third-order valence-corrected chi connectivity index (χ3v) is 6.56. The van der Waals surface area contributed by atoms with Crippen LogP contribution in [0.25, 0.3) is 11.3 Å². The quantitative estimate of drug-likeness (QED) is 0.746. The molecule has 0 saturated heterocycles. The molecule has 2 atom stereocenters. The average molecular weight is 352 g/mol. The van der Waals surface area contributed by atoms with E-state index in [4.69, 9.17) is 0 Å². The van der Waals surface area contributed by atoms with Crippen molar-refractivity contribution in [3.63, 3.8) is 0 Å². The first-order valence-corrected chi connectivity index (χ1v) is 8.78. The molecule has 1 saturated carbocycles. The van der Waals surface area contributed by atoms with Crippen molar-refractivity contribution in [2.75, 3.05) is 0 Å². The van der Waals surface area contributed by atoms with Gasteiger partial charge in [-0.1, -0.05) is 19.9 Å². The predicted octanol–water partition coefficient (Wildman–Crippen LogP) is 4.35. The van der Waals surface area contributed by atoms with Gasteiger partial charge in [-0.05, 0) is 47.9 Å². The Morgan fingerprint density at radius 2 is 1.92 bits per heavy atom. The zero-order valence-electron chi connectivity index (χ0n) is 14.6. The number of benzene rings is 1. The molecule has 2 aliphatic rings. The van der Waals surface area contributed by atoms with Gasteiger partial charge in [0.25, 0.3) is 0 Å². The Hall–Kier alpha value is -2.63. The molecular weight excluding hydrogens is 334 g/mol. The van der Waals surface area contributed by atoms with E-state index in [2.05, 4.69) is 34.0 Å². The largest absolute Gasteiger partial charge is 0.348 e. The molecule has 2 aliphatic carbocycles. The fourth-order valence-corrected chi connectivity index (χ4v) is 5.28. The lowest BCUT2D eigenvalue weighted by molar-refractivity contribution is 0.243. The minimum atomic E-state index is -0.620. The Bertz CT molecular complexity index is 992. The maximum Gasteiger partial charge on any atom is 0.135 e. The van der Waals surface area contributed by atoms with E-state index in [1.54, 1.807) is 6.33 Å². The van der Waals surface area contributed by atoms with Gasteiger partial charge >= 0.3 is 0 Å². The molecule has 2 aromatic heterocycles. The molecule has 6 heteroatoms. The third-order valence-electron chi connectivity index (χ3n) is 6.56. The van der Waals surface area contributed by atoms with Crippen molar-refractivity contribution >= 4 is 0 Å². The van der Waals surface area contributed by atoms with E-state index in [1.165, 1.54) is 18.2 Å². The SMILES string of the molecule is CC1(C)[C@H]2CC[C@]1(c1cnc[nH]1)c1nnc(-c3c(F)cccc3F)cc12. The van der Waals surface area contributed by atoms with E-state index < -0.39 is 11.6 Å². The fraction of sp³-hybridized carbons (Fsp3) is 0.350. The molecule has 2 heterocycles. The lowest BCUT2D eigenvalue weighted by Crippen LogP contribution is -2.37. The lowest BCUT2D eigenvalue weighted by Gasteiger charge is -2.36. The van der Waals surface area contributed by atoms with Crippen molar-refractivity contribution in [1.82, 2.24) is 20.2 Å². The number of hydrogen-bond acceptors (Lipinski definition) is 3. The highest BCUT2D eigenvalue weighted by Crippen LogP contribution is 2.69. The first-order valence-electron chi connectivity index (χ1n) is 8.78. The van der Waals surface area contributed by atoms with Crippen LogP contribution in [0.5, 0.6) is 0 Å². The molecule has 0 radical (unpaired) electrons. The van der Waals surface area contributed by atoms with Gasteiger partial charge < -0.3 is 4.98 Å². The molecule has 5 rings (SSSR count). The summed E-state index contributed by atoms with van der Waals surface area (Å²) in [5, 5.41) is 8.71. The van der Waals surface area contributed by atoms with Crippen molar-refractivity contribution < 1.29 is 8.78 Å². The van der Waals surface area contributed by atoms with Crippen molar-refractivity contribution in [2.45, 2.75) is 38.0 Å². The first-order chi connectivity index (χ1) is 12.5. The Labute approximate surface area is 149 Å².